The maximum Gasteiger partial charge on any atom is 0.131 e. The van der Waals surface area contributed by atoms with Crippen LogP contribution in [0.1, 0.15) is 0 Å². The van der Waals surface area contributed by atoms with Gasteiger partial charge < -0.3 is 10.4 Å². The normalized spacial score (nSPS) is 9.00. The van der Waals surface area contributed by atoms with Gasteiger partial charge in [-0.1, -0.05) is 12.2 Å². The van der Waals surface area contributed by atoms with Gasteiger partial charge in [0.15, 0.2) is 0 Å². The van der Waals surface area contributed by atoms with Crippen LogP contribution in [0.2, 0.25) is 0 Å². The number of aromatic amines is 1. The Hall–Kier alpha value is -0.940. The molecule has 4 N–H and O–H groups in total. The highest BCUT2D eigenvalue weighted by molar-refractivity contribution is 7.71. The van der Waals surface area contributed by atoms with E-state index in [1.54, 1.807) is 6.07 Å². The first-order chi connectivity index (χ1) is 4.33. The Balaban J connectivity index is 3.08. The lowest BCUT2D eigenvalue weighted by atomic mass is 10.6. The quantitative estimate of drug-likeness (QED) is 0.302. The zero-order chi connectivity index (χ0) is 6.69. The predicted molar refractivity (Wildman–Crippen MR) is 37.2 cm³/mol. The Bertz CT molecular complexity index is 242. The number of rotatable bonds is 1. The first kappa shape index (κ1) is 6.18. The number of hydrogen-bond donors (Lipinski definition) is 3. The van der Waals surface area contributed by atoms with Crippen molar-refractivity contribution < 1.29 is 0 Å². The van der Waals surface area contributed by atoms with Crippen molar-refractivity contribution in [1.82, 2.24) is 9.97 Å². The van der Waals surface area contributed by atoms with Gasteiger partial charge in [-0.15, -0.1) is 0 Å². The molecule has 0 saturated carbocycles. The number of aromatic nitrogens is 2. The largest absolute Gasteiger partial charge is 0.332 e. The fourth-order valence-electron chi connectivity index (χ4n) is 0.451. The average Bonchev–Trinajstić information content (AvgIpc) is 1.88. The van der Waals surface area contributed by atoms with Crippen molar-refractivity contribution >= 4 is 18.0 Å². The number of anilines is 1. The molecule has 0 atom stereocenters. The molecule has 0 amide bonds. The molecule has 0 unspecified atom stereocenters. The van der Waals surface area contributed by atoms with Crippen molar-refractivity contribution in [3.63, 3.8) is 0 Å². The van der Waals surface area contributed by atoms with Gasteiger partial charge in [0.05, 0.1) is 6.33 Å². The minimum Gasteiger partial charge on any atom is -0.332 e. The second-order valence-electron chi connectivity index (χ2n) is 1.44. The summed E-state index contributed by atoms with van der Waals surface area (Å²) in [4.78, 5) is 6.50. The number of hydrazine groups is 1. The lowest BCUT2D eigenvalue weighted by Gasteiger charge is -1.95. The van der Waals surface area contributed by atoms with Crippen LogP contribution in [0.5, 0.6) is 0 Å². The van der Waals surface area contributed by atoms with E-state index in [0.29, 0.717) is 10.5 Å². The minimum atomic E-state index is 0.515. The summed E-state index contributed by atoms with van der Waals surface area (Å²) >= 11 is 4.74. The molecule has 4 nitrogen and oxygen atoms in total. The molecule has 5 heteroatoms. The summed E-state index contributed by atoms with van der Waals surface area (Å²) in [7, 11) is 0. The number of nitrogens with zero attached hydrogens (tertiary/aromatic N) is 1. The van der Waals surface area contributed by atoms with Crippen LogP contribution >= 0.6 is 12.2 Å². The molecule has 48 valence electrons. The van der Waals surface area contributed by atoms with E-state index in [1.807, 2.05) is 0 Å². The maximum atomic E-state index is 5.06. The molecule has 0 fully saturated rings. The van der Waals surface area contributed by atoms with Crippen LogP contribution in [0.3, 0.4) is 0 Å². The van der Waals surface area contributed by atoms with E-state index >= 15 is 0 Å². The summed E-state index contributed by atoms with van der Waals surface area (Å²) in [5, 5.41) is 0. The van der Waals surface area contributed by atoms with Gasteiger partial charge >= 0.3 is 0 Å². The van der Waals surface area contributed by atoms with Crippen LogP contribution in [0.25, 0.3) is 0 Å². The number of nitrogens with one attached hydrogen (secondary N) is 2. The average molecular weight is 142 g/mol. The third kappa shape index (κ3) is 1.48. The third-order valence-electron chi connectivity index (χ3n) is 0.835. The fraction of sp³-hybridized carbons (Fsp3) is 0. The van der Waals surface area contributed by atoms with Crippen molar-refractivity contribution in [3.05, 3.63) is 17.0 Å². The zero-order valence-electron chi connectivity index (χ0n) is 4.59. The van der Waals surface area contributed by atoms with Crippen molar-refractivity contribution in [2.24, 2.45) is 5.84 Å². The number of hydrogen-bond acceptors (Lipinski definition) is 4. The molecular formula is C4H6N4S. The number of nitrogens with two attached hydrogens (primary N) is 1. The van der Waals surface area contributed by atoms with E-state index < -0.39 is 0 Å². The first-order valence-corrected chi connectivity index (χ1v) is 2.75. The van der Waals surface area contributed by atoms with E-state index in [1.165, 1.54) is 6.33 Å². The zero-order valence-corrected chi connectivity index (χ0v) is 5.40. The molecule has 9 heavy (non-hydrogen) atoms. The molecule has 0 saturated heterocycles. The van der Waals surface area contributed by atoms with Crippen molar-refractivity contribution in [3.8, 4) is 0 Å². The number of nitrogen functional groups attached to an aromatic ring is 1. The van der Waals surface area contributed by atoms with Gasteiger partial charge in [-0.3, -0.25) is 0 Å². The van der Waals surface area contributed by atoms with Gasteiger partial charge in [0, 0.05) is 6.07 Å². The molecule has 1 aromatic heterocycles. The predicted octanol–water partition coefficient (Wildman–Crippen LogP) is 0.425. The lowest BCUT2D eigenvalue weighted by Crippen LogP contribution is -2.08. The molecule has 1 aromatic rings. The highest BCUT2D eigenvalue weighted by Gasteiger charge is 1.83. The van der Waals surface area contributed by atoms with E-state index in [2.05, 4.69) is 15.4 Å². The topological polar surface area (TPSA) is 66.7 Å². The molecule has 0 aliphatic carbocycles. The van der Waals surface area contributed by atoms with Crippen LogP contribution < -0.4 is 11.3 Å². The smallest absolute Gasteiger partial charge is 0.131 e. The van der Waals surface area contributed by atoms with E-state index in [4.69, 9.17) is 18.1 Å². The Morgan fingerprint density at radius 1 is 1.78 bits per heavy atom. The highest BCUT2D eigenvalue weighted by atomic mass is 32.1. The Labute approximate surface area is 57.1 Å². The van der Waals surface area contributed by atoms with Crippen LogP contribution in [0.4, 0.5) is 5.82 Å². The van der Waals surface area contributed by atoms with E-state index in [0.717, 1.165) is 0 Å². The van der Waals surface area contributed by atoms with Crippen molar-refractivity contribution in [2.45, 2.75) is 0 Å². The molecule has 0 spiro atoms. The van der Waals surface area contributed by atoms with Crippen LogP contribution in [0.15, 0.2) is 12.4 Å². The molecule has 0 aliphatic heterocycles. The van der Waals surface area contributed by atoms with Crippen LogP contribution in [-0.4, -0.2) is 9.97 Å². The Morgan fingerprint density at radius 3 is 3.00 bits per heavy atom. The van der Waals surface area contributed by atoms with Gasteiger partial charge in [0.25, 0.3) is 0 Å². The Kier molecular flexibility index (Phi) is 1.76. The standard InChI is InChI=1S/C4H6N4S/c5-8-3-1-4(9)7-2-6-3/h1-2H,5H2,(H2,6,7,8,9). The van der Waals surface area contributed by atoms with Gasteiger partial charge in [-0.25, -0.2) is 10.8 Å². The summed E-state index contributed by atoms with van der Waals surface area (Å²) in [5.41, 5.74) is 2.41. The SMILES string of the molecule is NNc1cc(=S)nc[nH]1. The second kappa shape index (κ2) is 2.56. The molecule has 0 bridgehead atoms. The third-order valence-corrected chi connectivity index (χ3v) is 1.06. The molecular weight excluding hydrogens is 136 g/mol. The number of H-pyrrole nitrogens is 1. The van der Waals surface area contributed by atoms with Crippen LogP contribution in [-0.2, 0) is 0 Å². The van der Waals surface area contributed by atoms with Gasteiger partial charge in [0.1, 0.15) is 10.5 Å². The summed E-state index contributed by atoms with van der Waals surface area (Å²) < 4.78 is 0.515. The summed E-state index contributed by atoms with van der Waals surface area (Å²) in [6.45, 7) is 0. The maximum absolute atomic E-state index is 5.06. The molecule has 0 aromatic carbocycles. The first-order valence-electron chi connectivity index (χ1n) is 2.34. The fourth-order valence-corrected chi connectivity index (χ4v) is 0.622. The Morgan fingerprint density at radius 2 is 2.56 bits per heavy atom. The summed E-state index contributed by atoms with van der Waals surface area (Å²) in [6.07, 6.45) is 1.48. The van der Waals surface area contributed by atoms with Crippen LogP contribution in [0, 0.1) is 4.64 Å². The highest BCUT2D eigenvalue weighted by Crippen LogP contribution is 1.95. The van der Waals surface area contributed by atoms with E-state index in [-0.39, 0.29) is 0 Å². The van der Waals surface area contributed by atoms with Gasteiger partial charge in [-0.05, 0) is 0 Å². The molecule has 0 radical (unpaired) electrons. The summed E-state index contributed by atoms with van der Waals surface area (Å²) in [6, 6.07) is 1.63. The molecule has 1 heterocycles. The molecule has 0 aliphatic rings. The molecule has 1 rings (SSSR count). The van der Waals surface area contributed by atoms with Crippen molar-refractivity contribution in [2.75, 3.05) is 5.43 Å². The minimum absolute atomic E-state index is 0.515. The second-order valence-corrected chi connectivity index (χ2v) is 1.86. The van der Waals surface area contributed by atoms with Crippen molar-refractivity contribution in [1.29, 1.82) is 0 Å². The lowest BCUT2D eigenvalue weighted by molar-refractivity contribution is 1.12. The monoisotopic (exact) mass is 142 g/mol. The van der Waals surface area contributed by atoms with Gasteiger partial charge in [-0.2, -0.15) is 0 Å². The van der Waals surface area contributed by atoms with Gasteiger partial charge in [0.2, 0.25) is 0 Å². The summed E-state index contributed by atoms with van der Waals surface area (Å²) in [5.74, 6) is 5.73. The van der Waals surface area contributed by atoms with E-state index in [9.17, 15) is 0 Å².